The van der Waals surface area contributed by atoms with E-state index in [0.717, 1.165) is 13.0 Å². The van der Waals surface area contributed by atoms with E-state index in [4.69, 9.17) is 4.74 Å². The summed E-state index contributed by atoms with van der Waals surface area (Å²) < 4.78 is 4.80. The highest BCUT2D eigenvalue weighted by atomic mass is 16.5. The lowest BCUT2D eigenvalue weighted by Crippen LogP contribution is -2.37. The summed E-state index contributed by atoms with van der Waals surface area (Å²) in [5.74, 6) is -0.0402. The highest BCUT2D eigenvalue weighted by molar-refractivity contribution is 5.79. The van der Waals surface area contributed by atoms with Crippen molar-refractivity contribution in [1.82, 2.24) is 10.6 Å². The molecule has 0 bridgehead atoms. The van der Waals surface area contributed by atoms with Crippen molar-refractivity contribution in [2.75, 3.05) is 19.7 Å². The molecule has 1 saturated heterocycles. The Labute approximate surface area is 102 Å². The predicted molar refractivity (Wildman–Crippen MR) is 64.4 cm³/mol. The van der Waals surface area contributed by atoms with Crippen LogP contribution in [0.25, 0.3) is 0 Å². The maximum Gasteiger partial charge on any atom is 0.305 e. The van der Waals surface area contributed by atoms with E-state index in [1.54, 1.807) is 6.92 Å². The summed E-state index contributed by atoms with van der Waals surface area (Å²) in [5.41, 5.74) is 0. The molecule has 1 rings (SSSR count). The van der Waals surface area contributed by atoms with Crippen LogP contribution in [0.2, 0.25) is 0 Å². The standard InChI is InChI=1S/C12H22N2O3/c1-3-17-11(15)5-4-7-14-12(16)10-6-8-13-9(10)2/h9-10,13H,3-8H2,1-2H3,(H,14,16). The molecule has 0 saturated carbocycles. The zero-order chi connectivity index (χ0) is 12.7. The number of esters is 1. The molecule has 1 fully saturated rings. The molecule has 0 aliphatic carbocycles. The molecule has 2 atom stereocenters. The third-order valence-corrected chi connectivity index (χ3v) is 3.02. The van der Waals surface area contributed by atoms with Crippen molar-refractivity contribution in [3.8, 4) is 0 Å². The van der Waals surface area contributed by atoms with E-state index < -0.39 is 0 Å². The van der Waals surface area contributed by atoms with Gasteiger partial charge in [0, 0.05) is 19.0 Å². The Morgan fingerprint density at radius 1 is 1.47 bits per heavy atom. The van der Waals surface area contributed by atoms with Crippen LogP contribution in [0.5, 0.6) is 0 Å². The summed E-state index contributed by atoms with van der Waals surface area (Å²) >= 11 is 0. The molecule has 0 radical (unpaired) electrons. The fourth-order valence-electron chi connectivity index (χ4n) is 2.03. The molecule has 5 nitrogen and oxygen atoms in total. The van der Waals surface area contributed by atoms with E-state index in [-0.39, 0.29) is 23.8 Å². The summed E-state index contributed by atoms with van der Waals surface area (Å²) in [6, 6.07) is 0.250. The van der Waals surface area contributed by atoms with Crippen molar-refractivity contribution < 1.29 is 14.3 Å². The zero-order valence-electron chi connectivity index (χ0n) is 10.6. The van der Waals surface area contributed by atoms with Gasteiger partial charge in [-0.2, -0.15) is 0 Å². The summed E-state index contributed by atoms with van der Waals surface area (Å²) in [7, 11) is 0. The maximum atomic E-state index is 11.8. The quantitative estimate of drug-likeness (QED) is 0.524. The molecule has 5 heteroatoms. The van der Waals surface area contributed by atoms with Crippen molar-refractivity contribution in [2.24, 2.45) is 5.92 Å². The van der Waals surface area contributed by atoms with Gasteiger partial charge in [0.25, 0.3) is 0 Å². The molecule has 1 aliphatic heterocycles. The lowest BCUT2D eigenvalue weighted by Gasteiger charge is -2.14. The Morgan fingerprint density at radius 3 is 2.82 bits per heavy atom. The second kappa shape index (κ2) is 7.27. The average molecular weight is 242 g/mol. The van der Waals surface area contributed by atoms with Crippen LogP contribution >= 0.6 is 0 Å². The fourth-order valence-corrected chi connectivity index (χ4v) is 2.03. The normalized spacial score (nSPS) is 23.4. The first-order valence-electron chi connectivity index (χ1n) is 6.32. The predicted octanol–water partition coefficient (Wildman–Crippen LogP) is 0.444. The Bertz CT molecular complexity index is 268. The van der Waals surface area contributed by atoms with Gasteiger partial charge < -0.3 is 15.4 Å². The van der Waals surface area contributed by atoms with Crippen LogP contribution in [0.1, 0.15) is 33.1 Å². The maximum absolute atomic E-state index is 11.8. The molecule has 2 N–H and O–H groups in total. The van der Waals surface area contributed by atoms with Gasteiger partial charge in [0.15, 0.2) is 0 Å². The van der Waals surface area contributed by atoms with E-state index in [0.29, 0.717) is 26.0 Å². The number of carbonyl (C=O) groups excluding carboxylic acids is 2. The van der Waals surface area contributed by atoms with E-state index in [1.807, 2.05) is 6.92 Å². The highest BCUT2D eigenvalue weighted by Gasteiger charge is 2.28. The molecule has 0 aromatic carbocycles. The van der Waals surface area contributed by atoms with Crippen LogP contribution in [0.4, 0.5) is 0 Å². The van der Waals surface area contributed by atoms with Crippen molar-refractivity contribution in [3.05, 3.63) is 0 Å². The second-order valence-electron chi connectivity index (χ2n) is 4.34. The second-order valence-corrected chi connectivity index (χ2v) is 4.34. The first kappa shape index (κ1) is 14.0. The van der Waals surface area contributed by atoms with Crippen LogP contribution in [-0.4, -0.2) is 37.6 Å². The van der Waals surface area contributed by atoms with Gasteiger partial charge >= 0.3 is 5.97 Å². The monoisotopic (exact) mass is 242 g/mol. The van der Waals surface area contributed by atoms with Gasteiger partial charge in [-0.3, -0.25) is 9.59 Å². The van der Waals surface area contributed by atoms with Gasteiger partial charge in [0.1, 0.15) is 0 Å². The number of nitrogens with one attached hydrogen (secondary N) is 2. The molecule has 0 aromatic rings. The Kier molecular flexibility index (Phi) is 5.97. The Morgan fingerprint density at radius 2 is 2.24 bits per heavy atom. The average Bonchev–Trinajstić information content (AvgIpc) is 2.71. The summed E-state index contributed by atoms with van der Waals surface area (Å²) in [5, 5.41) is 6.11. The van der Waals surface area contributed by atoms with E-state index in [9.17, 15) is 9.59 Å². The van der Waals surface area contributed by atoms with Gasteiger partial charge in [-0.1, -0.05) is 0 Å². The van der Waals surface area contributed by atoms with Crippen molar-refractivity contribution in [3.63, 3.8) is 0 Å². The van der Waals surface area contributed by atoms with Crippen LogP contribution in [0.15, 0.2) is 0 Å². The third kappa shape index (κ3) is 4.73. The minimum atomic E-state index is -0.197. The van der Waals surface area contributed by atoms with E-state index >= 15 is 0 Å². The van der Waals surface area contributed by atoms with Crippen LogP contribution < -0.4 is 10.6 Å². The van der Waals surface area contributed by atoms with Crippen LogP contribution in [0, 0.1) is 5.92 Å². The Balaban J connectivity index is 2.10. The van der Waals surface area contributed by atoms with Crippen molar-refractivity contribution in [2.45, 2.75) is 39.2 Å². The molecule has 0 spiro atoms. The van der Waals surface area contributed by atoms with Gasteiger partial charge in [-0.15, -0.1) is 0 Å². The van der Waals surface area contributed by atoms with E-state index in [1.165, 1.54) is 0 Å². The first-order valence-corrected chi connectivity index (χ1v) is 6.32. The van der Waals surface area contributed by atoms with Gasteiger partial charge in [-0.05, 0) is 33.2 Å². The van der Waals surface area contributed by atoms with Gasteiger partial charge in [0.05, 0.1) is 12.5 Å². The number of ether oxygens (including phenoxy) is 1. The highest BCUT2D eigenvalue weighted by Crippen LogP contribution is 2.14. The SMILES string of the molecule is CCOC(=O)CCCNC(=O)C1CCNC1C. The third-order valence-electron chi connectivity index (χ3n) is 3.02. The van der Waals surface area contributed by atoms with Crippen LogP contribution in [-0.2, 0) is 14.3 Å². The smallest absolute Gasteiger partial charge is 0.305 e. The number of rotatable bonds is 6. The topological polar surface area (TPSA) is 67.4 Å². The molecule has 1 aliphatic rings. The fraction of sp³-hybridized carbons (Fsp3) is 0.833. The minimum Gasteiger partial charge on any atom is -0.466 e. The number of carbonyl (C=O) groups is 2. The molecule has 98 valence electrons. The summed E-state index contributed by atoms with van der Waals surface area (Å²) in [6.07, 6.45) is 1.90. The minimum absolute atomic E-state index is 0.0672. The Hall–Kier alpha value is -1.10. The molecular weight excluding hydrogens is 220 g/mol. The van der Waals surface area contributed by atoms with Crippen molar-refractivity contribution in [1.29, 1.82) is 0 Å². The lowest BCUT2D eigenvalue weighted by molar-refractivity contribution is -0.143. The number of amides is 1. The van der Waals surface area contributed by atoms with Gasteiger partial charge in [0.2, 0.25) is 5.91 Å². The molecule has 2 unspecified atom stereocenters. The summed E-state index contributed by atoms with van der Waals surface area (Å²) in [4.78, 5) is 22.8. The first-order chi connectivity index (χ1) is 8.15. The van der Waals surface area contributed by atoms with E-state index in [2.05, 4.69) is 10.6 Å². The van der Waals surface area contributed by atoms with Crippen molar-refractivity contribution >= 4 is 11.9 Å². The largest absolute Gasteiger partial charge is 0.466 e. The lowest BCUT2D eigenvalue weighted by atomic mass is 10.0. The molecule has 1 amide bonds. The zero-order valence-corrected chi connectivity index (χ0v) is 10.6. The van der Waals surface area contributed by atoms with Gasteiger partial charge in [-0.25, -0.2) is 0 Å². The molecular formula is C12H22N2O3. The molecule has 0 aromatic heterocycles. The molecule has 1 heterocycles. The summed E-state index contributed by atoms with van der Waals surface area (Å²) in [6.45, 7) is 5.67. The number of hydrogen-bond donors (Lipinski definition) is 2. The molecule has 17 heavy (non-hydrogen) atoms. The van der Waals surface area contributed by atoms with Crippen LogP contribution in [0.3, 0.4) is 0 Å². The number of hydrogen-bond acceptors (Lipinski definition) is 4.